The van der Waals surface area contributed by atoms with Crippen LogP contribution in [0.4, 0.5) is 5.69 Å². The third-order valence-electron chi connectivity index (χ3n) is 3.32. The second-order valence-corrected chi connectivity index (χ2v) is 4.68. The fourth-order valence-electron chi connectivity index (χ4n) is 2.22. The molecule has 0 aliphatic heterocycles. The van der Waals surface area contributed by atoms with E-state index < -0.39 is 5.97 Å². The van der Waals surface area contributed by atoms with Crippen molar-refractivity contribution in [3.05, 3.63) is 71.6 Å². The van der Waals surface area contributed by atoms with E-state index in [0.717, 1.165) is 5.56 Å². The zero-order chi connectivity index (χ0) is 15.5. The van der Waals surface area contributed by atoms with E-state index in [1.165, 1.54) is 0 Å². The molecule has 5 nitrogen and oxygen atoms in total. The number of nitrogens with zero attached hydrogens (tertiary/aromatic N) is 2. The number of hydrogen-bond donors (Lipinski definition) is 2. The third-order valence-corrected chi connectivity index (χ3v) is 3.32. The predicted molar refractivity (Wildman–Crippen MR) is 82.7 cm³/mol. The molecular weight excluding hydrogens is 278 g/mol. The number of carboxylic acid groups (broad SMARTS) is 1. The van der Waals surface area contributed by atoms with E-state index in [-0.39, 0.29) is 5.56 Å². The van der Waals surface area contributed by atoms with Crippen molar-refractivity contribution in [3.8, 4) is 22.5 Å². The SMILES string of the molecule is [C-]#[N+]c1ccc(-c2cc(-c3ccccc3C(=O)O)[nH]n2)cc1. The lowest BCUT2D eigenvalue weighted by atomic mass is 10.0. The molecule has 0 aliphatic carbocycles. The Labute approximate surface area is 126 Å². The Hall–Kier alpha value is -3.39. The van der Waals surface area contributed by atoms with Gasteiger partial charge in [-0.3, -0.25) is 5.10 Å². The van der Waals surface area contributed by atoms with Gasteiger partial charge in [0.05, 0.1) is 23.5 Å². The van der Waals surface area contributed by atoms with Gasteiger partial charge in [-0.15, -0.1) is 0 Å². The highest BCUT2D eigenvalue weighted by Gasteiger charge is 2.13. The Morgan fingerprint density at radius 2 is 1.86 bits per heavy atom. The lowest BCUT2D eigenvalue weighted by Crippen LogP contribution is -1.98. The number of aromatic carboxylic acids is 1. The number of hydrogen-bond acceptors (Lipinski definition) is 2. The summed E-state index contributed by atoms with van der Waals surface area (Å²) in [5.41, 5.74) is 3.58. The quantitative estimate of drug-likeness (QED) is 0.716. The zero-order valence-corrected chi connectivity index (χ0v) is 11.4. The molecule has 106 valence electrons. The lowest BCUT2D eigenvalue weighted by molar-refractivity contribution is 0.0697. The van der Waals surface area contributed by atoms with Crippen molar-refractivity contribution >= 4 is 11.7 Å². The predicted octanol–water partition coefficient (Wildman–Crippen LogP) is 3.99. The summed E-state index contributed by atoms with van der Waals surface area (Å²) in [6, 6.07) is 15.6. The molecular formula is C17H11N3O2. The van der Waals surface area contributed by atoms with Crippen LogP contribution in [-0.2, 0) is 0 Å². The summed E-state index contributed by atoms with van der Waals surface area (Å²) < 4.78 is 0. The summed E-state index contributed by atoms with van der Waals surface area (Å²) in [5.74, 6) is -0.979. The van der Waals surface area contributed by atoms with Crippen molar-refractivity contribution in [2.24, 2.45) is 0 Å². The van der Waals surface area contributed by atoms with Crippen molar-refractivity contribution in [2.45, 2.75) is 0 Å². The largest absolute Gasteiger partial charge is 0.478 e. The van der Waals surface area contributed by atoms with E-state index in [0.29, 0.717) is 22.6 Å². The van der Waals surface area contributed by atoms with E-state index >= 15 is 0 Å². The van der Waals surface area contributed by atoms with Gasteiger partial charge in [0.1, 0.15) is 0 Å². The van der Waals surface area contributed by atoms with Gasteiger partial charge in [0, 0.05) is 5.56 Å². The first kappa shape index (κ1) is 13.6. The number of rotatable bonds is 3. The molecule has 2 N–H and O–H groups in total. The van der Waals surface area contributed by atoms with Crippen LogP contribution < -0.4 is 0 Å². The standard InChI is InChI=1S/C17H11N3O2/c1-18-12-8-6-11(7-9-12)15-10-16(20-19-15)13-4-2-3-5-14(13)17(21)22/h2-10H,(H,19,20)(H,21,22). The summed E-state index contributed by atoms with van der Waals surface area (Å²) >= 11 is 0. The molecule has 1 aromatic heterocycles. The van der Waals surface area contributed by atoms with Crippen LogP contribution in [-0.4, -0.2) is 21.3 Å². The third kappa shape index (κ3) is 2.45. The van der Waals surface area contributed by atoms with Crippen LogP contribution in [0.3, 0.4) is 0 Å². The number of carbonyl (C=O) groups is 1. The summed E-state index contributed by atoms with van der Waals surface area (Å²) in [6.45, 7) is 6.95. The highest BCUT2D eigenvalue weighted by Crippen LogP contribution is 2.27. The minimum atomic E-state index is -0.979. The molecule has 5 heteroatoms. The summed E-state index contributed by atoms with van der Waals surface area (Å²) in [6.07, 6.45) is 0. The Morgan fingerprint density at radius 1 is 1.14 bits per heavy atom. The topological polar surface area (TPSA) is 70.3 Å². The van der Waals surface area contributed by atoms with E-state index in [1.807, 2.05) is 12.1 Å². The van der Waals surface area contributed by atoms with Crippen LogP contribution in [0.2, 0.25) is 0 Å². The molecule has 0 atom stereocenters. The molecule has 1 heterocycles. The maximum absolute atomic E-state index is 11.3. The first-order valence-electron chi connectivity index (χ1n) is 6.55. The second kappa shape index (κ2) is 5.54. The molecule has 22 heavy (non-hydrogen) atoms. The zero-order valence-electron chi connectivity index (χ0n) is 11.4. The second-order valence-electron chi connectivity index (χ2n) is 4.68. The van der Waals surface area contributed by atoms with Crippen LogP contribution in [0, 0.1) is 6.57 Å². The molecule has 3 rings (SSSR count). The van der Waals surface area contributed by atoms with Gasteiger partial charge in [0.15, 0.2) is 5.69 Å². The fourth-order valence-corrected chi connectivity index (χ4v) is 2.22. The molecule has 0 amide bonds. The van der Waals surface area contributed by atoms with Crippen LogP contribution in [0.15, 0.2) is 54.6 Å². The van der Waals surface area contributed by atoms with Crippen LogP contribution in [0.1, 0.15) is 10.4 Å². The number of aromatic nitrogens is 2. The van der Waals surface area contributed by atoms with Gasteiger partial charge >= 0.3 is 5.97 Å². The molecule has 0 spiro atoms. The highest BCUT2D eigenvalue weighted by molar-refractivity contribution is 5.95. The maximum Gasteiger partial charge on any atom is 0.336 e. The van der Waals surface area contributed by atoms with Crippen LogP contribution in [0.25, 0.3) is 27.4 Å². The molecule has 3 aromatic rings. The smallest absolute Gasteiger partial charge is 0.336 e. The van der Waals surface area contributed by atoms with Crippen molar-refractivity contribution in [3.63, 3.8) is 0 Å². The summed E-state index contributed by atoms with van der Waals surface area (Å²) in [7, 11) is 0. The number of carboxylic acids is 1. The van der Waals surface area contributed by atoms with Crippen molar-refractivity contribution in [1.82, 2.24) is 10.2 Å². The first-order chi connectivity index (χ1) is 10.7. The van der Waals surface area contributed by atoms with Gasteiger partial charge in [-0.25, -0.2) is 9.64 Å². The van der Waals surface area contributed by atoms with Crippen LogP contribution >= 0.6 is 0 Å². The molecule has 0 unspecified atom stereocenters. The molecule has 0 fully saturated rings. The molecule has 0 saturated heterocycles. The van der Waals surface area contributed by atoms with Gasteiger partial charge in [0.25, 0.3) is 0 Å². The Morgan fingerprint density at radius 3 is 2.55 bits per heavy atom. The fraction of sp³-hybridized carbons (Fsp3) is 0. The first-order valence-corrected chi connectivity index (χ1v) is 6.55. The van der Waals surface area contributed by atoms with Crippen molar-refractivity contribution in [1.29, 1.82) is 0 Å². The minimum Gasteiger partial charge on any atom is -0.478 e. The van der Waals surface area contributed by atoms with E-state index in [4.69, 9.17) is 6.57 Å². The van der Waals surface area contributed by atoms with Crippen molar-refractivity contribution < 1.29 is 9.90 Å². The van der Waals surface area contributed by atoms with E-state index in [2.05, 4.69) is 15.0 Å². The molecule has 0 bridgehead atoms. The van der Waals surface area contributed by atoms with Gasteiger partial charge < -0.3 is 5.11 Å². The van der Waals surface area contributed by atoms with Gasteiger partial charge in [-0.2, -0.15) is 5.10 Å². The normalized spacial score (nSPS) is 10.1. The minimum absolute atomic E-state index is 0.223. The van der Waals surface area contributed by atoms with Gasteiger partial charge in [0.2, 0.25) is 0 Å². The Kier molecular flexibility index (Phi) is 3.42. The monoisotopic (exact) mass is 289 g/mol. The molecule has 2 aromatic carbocycles. The van der Waals surface area contributed by atoms with Gasteiger partial charge in [-0.1, -0.05) is 42.5 Å². The summed E-state index contributed by atoms with van der Waals surface area (Å²) in [5, 5.41) is 16.3. The molecule has 0 saturated carbocycles. The number of H-pyrrole nitrogens is 1. The van der Waals surface area contributed by atoms with Gasteiger partial charge in [-0.05, 0) is 17.7 Å². The lowest BCUT2D eigenvalue weighted by Gasteiger charge is -2.02. The summed E-state index contributed by atoms with van der Waals surface area (Å²) in [4.78, 5) is 14.6. The average molecular weight is 289 g/mol. The van der Waals surface area contributed by atoms with Crippen LogP contribution in [0.5, 0.6) is 0 Å². The van der Waals surface area contributed by atoms with E-state index in [1.54, 1.807) is 42.5 Å². The van der Waals surface area contributed by atoms with Crippen molar-refractivity contribution in [2.75, 3.05) is 0 Å². The molecule has 0 radical (unpaired) electrons. The maximum atomic E-state index is 11.3. The molecule has 0 aliphatic rings. The average Bonchev–Trinajstić information content (AvgIpc) is 3.04. The Balaban J connectivity index is 2.01. The number of nitrogens with one attached hydrogen (secondary N) is 1. The number of benzene rings is 2. The Bertz CT molecular complexity index is 873. The van der Waals surface area contributed by atoms with E-state index in [9.17, 15) is 9.90 Å². The number of aromatic amines is 1. The highest BCUT2D eigenvalue weighted by atomic mass is 16.4.